The molecule has 3 nitrogen and oxygen atoms in total. The zero-order chi connectivity index (χ0) is 17.2. The smallest absolute Gasteiger partial charge is 0.303 e. The molecule has 0 saturated carbocycles. The van der Waals surface area contributed by atoms with Crippen molar-refractivity contribution in [1.82, 2.24) is 0 Å². The van der Waals surface area contributed by atoms with Crippen LogP contribution in [0.2, 0.25) is 0 Å². The van der Waals surface area contributed by atoms with Crippen molar-refractivity contribution in [2.75, 3.05) is 0 Å². The molecule has 0 aromatic carbocycles. The summed E-state index contributed by atoms with van der Waals surface area (Å²) in [5, 5.41) is 18.4. The number of allylic oxidation sites excluding steroid dienone is 1. The van der Waals surface area contributed by atoms with Crippen molar-refractivity contribution in [3.8, 4) is 0 Å². The van der Waals surface area contributed by atoms with Gasteiger partial charge in [-0.05, 0) is 32.1 Å². The summed E-state index contributed by atoms with van der Waals surface area (Å²) in [7, 11) is 0. The third kappa shape index (κ3) is 19.1. The predicted octanol–water partition coefficient (Wildman–Crippen LogP) is 5.86. The maximum atomic E-state index is 10.4. The average molecular weight is 327 g/mol. The largest absolute Gasteiger partial charge is 0.481 e. The molecule has 0 spiro atoms. The van der Waals surface area contributed by atoms with Crippen molar-refractivity contribution in [2.24, 2.45) is 0 Å². The fourth-order valence-electron chi connectivity index (χ4n) is 2.72. The molecule has 0 aliphatic rings. The highest BCUT2D eigenvalue weighted by Crippen LogP contribution is 2.11. The van der Waals surface area contributed by atoms with E-state index in [1.807, 2.05) is 0 Å². The fraction of sp³-hybridized carbons (Fsp3) is 0.850. The van der Waals surface area contributed by atoms with Crippen molar-refractivity contribution >= 4 is 5.97 Å². The van der Waals surface area contributed by atoms with Crippen LogP contribution >= 0.6 is 0 Å². The summed E-state index contributed by atoms with van der Waals surface area (Å²) >= 11 is 0. The Hall–Kier alpha value is -0.830. The predicted molar refractivity (Wildman–Crippen MR) is 97.7 cm³/mol. The van der Waals surface area contributed by atoms with Gasteiger partial charge >= 0.3 is 5.97 Å². The van der Waals surface area contributed by atoms with Crippen molar-refractivity contribution < 1.29 is 15.0 Å². The zero-order valence-corrected chi connectivity index (χ0v) is 15.1. The molecular weight excluding hydrogens is 288 g/mol. The minimum atomic E-state index is -0.678. The number of aliphatic carboxylic acids is 1. The molecule has 0 saturated heterocycles. The minimum absolute atomic E-state index is 0.158. The van der Waals surface area contributed by atoms with E-state index in [1.165, 1.54) is 44.9 Å². The number of carboxylic acid groups (broad SMARTS) is 1. The van der Waals surface area contributed by atoms with Gasteiger partial charge in [0.05, 0.1) is 6.10 Å². The van der Waals surface area contributed by atoms with E-state index in [1.54, 1.807) is 0 Å². The first kappa shape index (κ1) is 22.2. The number of rotatable bonds is 17. The monoisotopic (exact) mass is 326 g/mol. The van der Waals surface area contributed by atoms with E-state index in [0.29, 0.717) is 6.42 Å². The number of unbranched alkanes of at least 4 members (excludes halogenated alkanes) is 10. The highest BCUT2D eigenvalue weighted by atomic mass is 16.4. The Labute approximate surface area is 143 Å². The van der Waals surface area contributed by atoms with Gasteiger partial charge in [0.25, 0.3) is 0 Å². The number of aliphatic hydroxyl groups is 1. The van der Waals surface area contributed by atoms with Crippen LogP contribution < -0.4 is 0 Å². The number of hydrogen-bond donors (Lipinski definition) is 2. The van der Waals surface area contributed by atoms with Crippen LogP contribution in [0.15, 0.2) is 12.2 Å². The summed E-state index contributed by atoms with van der Waals surface area (Å²) in [5.41, 5.74) is 0. The normalized spacial score (nSPS) is 12.8. The standard InChI is InChI=1S/C20H38O3/c1-2-3-4-13-16-19(21)17-14-11-9-7-5-6-8-10-12-15-18-20(22)23/h11,14,19,21H,2-10,12-13,15-18H2,1H3,(H,22,23)/b14-11+/t19-/m1/s1. The van der Waals surface area contributed by atoms with Crippen LogP contribution in [0.4, 0.5) is 0 Å². The van der Waals surface area contributed by atoms with E-state index >= 15 is 0 Å². The number of aliphatic hydroxyl groups excluding tert-OH is 1. The molecule has 0 aliphatic heterocycles. The van der Waals surface area contributed by atoms with Crippen LogP contribution in [0.5, 0.6) is 0 Å². The third-order valence-electron chi connectivity index (χ3n) is 4.23. The van der Waals surface area contributed by atoms with Crippen molar-refractivity contribution in [2.45, 2.75) is 109 Å². The first-order valence-corrected chi connectivity index (χ1v) is 9.71. The molecule has 0 bridgehead atoms. The molecule has 0 aliphatic carbocycles. The van der Waals surface area contributed by atoms with Gasteiger partial charge in [-0.25, -0.2) is 0 Å². The SMILES string of the molecule is CCCCCC[C@@H](O)C/C=C/CCCCCCCCCC(=O)O. The Bertz CT molecular complexity index is 287. The second-order valence-corrected chi connectivity index (χ2v) is 6.62. The lowest BCUT2D eigenvalue weighted by molar-refractivity contribution is -0.137. The Balaban J connectivity index is 3.23. The van der Waals surface area contributed by atoms with E-state index in [-0.39, 0.29) is 6.10 Å². The Morgan fingerprint density at radius 3 is 2.13 bits per heavy atom. The van der Waals surface area contributed by atoms with Crippen molar-refractivity contribution in [1.29, 1.82) is 0 Å². The maximum Gasteiger partial charge on any atom is 0.303 e. The van der Waals surface area contributed by atoms with Crippen molar-refractivity contribution in [3.63, 3.8) is 0 Å². The molecule has 0 fully saturated rings. The van der Waals surface area contributed by atoms with Gasteiger partial charge in [0.2, 0.25) is 0 Å². The lowest BCUT2D eigenvalue weighted by Gasteiger charge is -2.07. The molecule has 0 heterocycles. The third-order valence-corrected chi connectivity index (χ3v) is 4.23. The molecule has 2 N–H and O–H groups in total. The van der Waals surface area contributed by atoms with Gasteiger partial charge in [-0.1, -0.05) is 76.9 Å². The molecule has 136 valence electrons. The molecule has 1 atom stereocenters. The van der Waals surface area contributed by atoms with Crippen LogP contribution in [-0.4, -0.2) is 22.3 Å². The number of carboxylic acids is 1. The zero-order valence-electron chi connectivity index (χ0n) is 15.1. The van der Waals surface area contributed by atoms with Gasteiger partial charge in [0.1, 0.15) is 0 Å². The number of carbonyl (C=O) groups is 1. The lowest BCUT2D eigenvalue weighted by atomic mass is 10.1. The second-order valence-electron chi connectivity index (χ2n) is 6.62. The summed E-state index contributed by atoms with van der Waals surface area (Å²) in [6.07, 6.45) is 20.2. The first-order valence-electron chi connectivity index (χ1n) is 9.71. The van der Waals surface area contributed by atoms with Crippen LogP contribution in [0.25, 0.3) is 0 Å². The molecular formula is C20H38O3. The van der Waals surface area contributed by atoms with Crippen molar-refractivity contribution in [3.05, 3.63) is 12.2 Å². The summed E-state index contributed by atoms with van der Waals surface area (Å²) in [6.45, 7) is 2.21. The van der Waals surface area contributed by atoms with E-state index in [9.17, 15) is 9.90 Å². The molecule has 3 heteroatoms. The van der Waals surface area contributed by atoms with Gasteiger partial charge in [-0.15, -0.1) is 0 Å². The number of hydrogen-bond acceptors (Lipinski definition) is 2. The highest BCUT2D eigenvalue weighted by Gasteiger charge is 2.00. The van der Waals surface area contributed by atoms with Crippen LogP contribution in [0.3, 0.4) is 0 Å². The maximum absolute atomic E-state index is 10.4. The van der Waals surface area contributed by atoms with Crippen LogP contribution in [0.1, 0.15) is 103 Å². The average Bonchev–Trinajstić information content (AvgIpc) is 2.52. The van der Waals surface area contributed by atoms with Gasteiger partial charge in [0, 0.05) is 6.42 Å². The van der Waals surface area contributed by atoms with E-state index in [4.69, 9.17) is 5.11 Å². The molecule has 23 heavy (non-hydrogen) atoms. The van der Waals surface area contributed by atoms with Gasteiger partial charge < -0.3 is 10.2 Å². The summed E-state index contributed by atoms with van der Waals surface area (Å²) in [5.74, 6) is -0.678. The quantitative estimate of drug-likeness (QED) is 0.260. The molecule has 0 radical (unpaired) electrons. The Morgan fingerprint density at radius 2 is 1.48 bits per heavy atom. The van der Waals surface area contributed by atoms with Gasteiger partial charge in [-0.2, -0.15) is 0 Å². The summed E-state index contributed by atoms with van der Waals surface area (Å²) in [4.78, 5) is 10.4. The van der Waals surface area contributed by atoms with E-state index < -0.39 is 5.97 Å². The molecule has 0 aromatic rings. The molecule has 0 unspecified atom stereocenters. The van der Waals surface area contributed by atoms with Gasteiger partial charge in [0.15, 0.2) is 0 Å². The Kier molecular flexibility index (Phi) is 16.9. The first-order chi connectivity index (χ1) is 11.2. The molecule has 0 aromatic heterocycles. The lowest BCUT2D eigenvalue weighted by Crippen LogP contribution is -2.04. The topological polar surface area (TPSA) is 57.5 Å². The summed E-state index contributed by atoms with van der Waals surface area (Å²) < 4.78 is 0. The molecule has 0 rings (SSSR count). The molecule has 0 amide bonds. The van der Waals surface area contributed by atoms with Crippen LogP contribution in [-0.2, 0) is 4.79 Å². The van der Waals surface area contributed by atoms with E-state index in [2.05, 4.69) is 19.1 Å². The van der Waals surface area contributed by atoms with E-state index in [0.717, 1.165) is 44.9 Å². The Morgan fingerprint density at radius 1 is 0.870 bits per heavy atom. The highest BCUT2D eigenvalue weighted by molar-refractivity contribution is 5.66. The fourth-order valence-corrected chi connectivity index (χ4v) is 2.72. The minimum Gasteiger partial charge on any atom is -0.481 e. The second kappa shape index (κ2) is 17.5. The van der Waals surface area contributed by atoms with Crippen LogP contribution in [0, 0.1) is 0 Å². The summed E-state index contributed by atoms with van der Waals surface area (Å²) in [6, 6.07) is 0. The van der Waals surface area contributed by atoms with Gasteiger partial charge in [-0.3, -0.25) is 4.79 Å².